The van der Waals surface area contributed by atoms with Crippen LogP contribution in [0.3, 0.4) is 0 Å². The van der Waals surface area contributed by atoms with Gasteiger partial charge in [0.2, 0.25) is 0 Å². The molecule has 1 aliphatic rings. The van der Waals surface area contributed by atoms with Gasteiger partial charge in [-0.1, -0.05) is 18.2 Å². The van der Waals surface area contributed by atoms with Crippen molar-refractivity contribution in [1.29, 1.82) is 0 Å². The third-order valence-electron chi connectivity index (χ3n) is 5.99. The molecule has 1 aliphatic heterocycles. The SMILES string of the molecule is CCOCCCn1c(-c2cc3n(n2)[C@@H](C(F)(F)F)C[C@@H](c2ccc(C)c(C)c2)N3)n[nH]c1=S. The lowest BCUT2D eigenvalue weighted by molar-refractivity contribution is -0.173. The fourth-order valence-corrected chi connectivity index (χ4v) is 4.30. The Labute approximate surface area is 195 Å². The summed E-state index contributed by atoms with van der Waals surface area (Å²) in [5.74, 6) is 0.709. The van der Waals surface area contributed by atoms with Gasteiger partial charge in [-0.05, 0) is 56.1 Å². The molecular weight excluding hydrogens is 453 g/mol. The van der Waals surface area contributed by atoms with Crippen LogP contribution in [0.1, 0.15) is 48.5 Å². The molecule has 2 atom stereocenters. The molecule has 2 N–H and O–H groups in total. The van der Waals surface area contributed by atoms with Crippen molar-refractivity contribution in [3.05, 3.63) is 45.7 Å². The molecule has 0 saturated heterocycles. The molecular formula is C22H27F3N6OS. The number of hydrogen-bond acceptors (Lipinski definition) is 5. The Morgan fingerprint density at radius 1 is 1.21 bits per heavy atom. The van der Waals surface area contributed by atoms with E-state index in [1.807, 2.05) is 39.0 Å². The summed E-state index contributed by atoms with van der Waals surface area (Å²) in [5, 5.41) is 14.5. The first kappa shape index (κ1) is 23.5. The van der Waals surface area contributed by atoms with Crippen LogP contribution in [0, 0.1) is 18.6 Å². The van der Waals surface area contributed by atoms with E-state index in [4.69, 9.17) is 17.0 Å². The second kappa shape index (κ2) is 9.30. The molecule has 0 spiro atoms. The second-order valence-corrected chi connectivity index (χ2v) is 8.63. The third kappa shape index (κ3) is 4.84. The average Bonchev–Trinajstić information content (AvgIpc) is 3.35. The van der Waals surface area contributed by atoms with E-state index in [0.717, 1.165) is 21.4 Å². The number of aryl methyl sites for hydroxylation is 2. The van der Waals surface area contributed by atoms with Gasteiger partial charge in [0, 0.05) is 32.2 Å². The normalized spacial score (nSPS) is 18.2. The zero-order valence-electron chi connectivity index (χ0n) is 18.7. The van der Waals surface area contributed by atoms with Crippen molar-refractivity contribution < 1.29 is 17.9 Å². The Morgan fingerprint density at radius 2 is 2.00 bits per heavy atom. The number of halogens is 3. The summed E-state index contributed by atoms with van der Waals surface area (Å²) in [7, 11) is 0. The predicted molar refractivity (Wildman–Crippen MR) is 122 cm³/mol. The maximum atomic E-state index is 14.0. The molecule has 3 aromatic rings. The van der Waals surface area contributed by atoms with Crippen LogP contribution in [0.4, 0.5) is 19.0 Å². The number of aromatic amines is 1. The van der Waals surface area contributed by atoms with Crippen molar-refractivity contribution in [3.8, 4) is 11.5 Å². The molecule has 3 heterocycles. The molecule has 0 aliphatic carbocycles. The summed E-state index contributed by atoms with van der Waals surface area (Å²) in [6.07, 6.45) is -3.90. The number of fused-ring (bicyclic) bond motifs is 1. The maximum absolute atomic E-state index is 14.0. The highest BCUT2D eigenvalue weighted by Gasteiger charge is 2.46. The van der Waals surface area contributed by atoms with Gasteiger partial charge in [0.15, 0.2) is 16.6 Å². The van der Waals surface area contributed by atoms with Crippen LogP contribution < -0.4 is 5.32 Å². The first-order valence-electron chi connectivity index (χ1n) is 10.9. The smallest absolute Gasteiger partial charge is 0.382 e. The molecule has 2 aromatic heterocycles. The van der Waals surface area contributed by atoms with Crippen LogP contribution in [0.5, 0.6) is 0 Å². The van der Waals surface area contributed by atoms with E-state index in [-0.39, 0.29) is 6.42 Å². The van der Waals surface area contributed by atoms with Crippen molar-refractivity contribution >= 4 is 18.0 Å². The molecule has 0 unspecified atom stereocenters. The zero-order chi connectivity index (χ0) is 23.8. The standard InChI is InChI=1S/C22H27F3N6OS/c1-4-32-9-5-8-30-20(27-28-21(30)33)17-12-19-26-16(15-7-6-13(2)14(3)10-15)11-18(22(23,24)25)31(19)29-17/h6-7,10,12,16,18,26H,4-5,8-9,11H2,1-3H3,(H,28,33)/t16-,18+/m0/s1. The molecule has 4 rings (SSSR count). The molecule has 33 heavy (non-hydrogen) atoms. The number of nitrogens with zero attached hydrogens (tertiary/aromatic N) is 4. The van der Waals surface area contributed by atoms with Crippen LogP contribution >= 0.6 is 12.2 Å². The third-order valence-corrected chi connectivity index (χ3v) is 6.30. The van der Waals surface area contributed by atoms with Crippen molar-refractivity contribution in [2.24, 2.45) is 0 Å². The predicted octanol–water partition coefficient (Wildman–Crippen LogP) is 5.51. The summed E-state index contributed by atoms with van der Waals surface area (Å²) in [6.45, 7) is 7.54. The number of rotatable bonds is 7. The van der Waals surface area contributed by atoms with Gasteiger partial charge in [0.25, 0.3) is 0 Å². The number of aromatic nitrogens is 5. The monoisotopic (exact) mass is 480 g/mol. The molecule has 7 nitrogen and oxygen atoms in total. The number of ether oxygens (including phenoxy) is 1. The summed E-state index contributed by atoms with van der Waals surface area (Å²) < 4.78 is 50.6. The molecule has 1 aromatic carbocycles. The quantitative estimate of drug-likeness (QED) is 0.345. The van der Waals surface area contributed by atoms with E-state index >= 15 is 0 Å². The highest BCUT2D eigenvalue weighted by molar-refractivity contribution is 7.71. The van der Waals surface area contributed by atoms with Gasteiger partial charge in [-0.15, -0.1) is 0 Å². The molecule has 0 bridgehead atoms. The number of benzene rings is 1. The fourth-order valence-electron chi connectivity index (χ4n) is 4.07. The van der Waals surface area contributed by atoms with Crippen LogP contribution in [-0.4, -0.2) is 43.9 Å². The molecule has 0 saturated carbocycles. The van der Waals surface area contributed by atoms with Crippen molar-refractivity contribution in [1.82, 2.24) is 24.5 Å². The van der Waals surface area contributed by atoms with E-state index in [2.05, 4.69) is 20.6 Å². The first-order chi connectivity index (χ1) is 15.7. The number of nitrogens with one attached hydrogen (secondary N) is 2. The van der Waals surface area contributed by atoms with Gasteiger partial charge in [-0.25, -0.2) is 4.68 Å². The van der Waals surface area contributed by atoms with E-state index in [1.54, 1.807) is 10.6 Å². The molecule has 0 amide bonds. The van der Waals surface area contributed by atoms with E-state index in [0.29, 0.717) is 48.3 Å². The van der Waals surface area contributed by atoms with Crippen molar-refractivity contribution in [2.75, 3.05) is 18.5 Å². The Morgan fingerprint density at radius 3 is 2.70 bits per heavy atom. The molecule has 0 fully saturated rings. The Hall–Kier alpha value is -2.66. The van der Waals surface area contributed by atoms with Crippen LogP contribution in [0.15, 0.2) is 24.3 Å². The second-order valence-electron chi connectivity index (χ2n) is 8.25. The van der Waals surface area contributed by atoms with Crippen molar-refractivity contribution in [2.45, 2.75) is 58.4 Å². The molecule has 11 heteroatoms. The Kier molecular flexibility index (Phi) is 6.62. The van der Waals surface area contributed by atoms with Crippen LogP contribution in [0.2, 0.25) is 0 Å². The van der Waals surface area contributed by atoms with E-state index < -0.39 is 18.3 Å². The summed E-state index contributed by atoms with van der Waals surface area (Å²) >= 11 is 5.32. The van der Waals surface area contributed by atoms with Gasteiger partial charge in [0.05, 0.1) is 6.04 Å². The minimum absolute atomic E-state index is 0.151. The Balaban J connectivity index is 1.68. The fraction of sp³-hybridized carbons (Fsp3) is 0.500. The van der Waals surface area contributed by atoms with Crippen molar-refractivity contribution in [3.63, 3.8) is 0 Å². The van der Waals surface area contributed by atoms with Gasteiger partial charge in [0.1, 0.15) is 11.5 Å². The minimum atomic E-state index is -4.44. The summed E-state index contributed by atoms with van der Waals surface area (Å²) in [4.78, 5) is 0. The van der Waals surface area contributed by atoms with Crippen LogP contribution in [0.25, 0.3) is 11.5 Å². The first-order valence-corrected chi connectivity index (χ1v) is 11.3. The average molecular weight is 481 g/mol. The highest BCUT2D eigenvalue weighted by Crippen LogP contribution is 2.44. The number of hydrogen-bond donors (Lipinski definition) is 2. The lowest BCUT2D eigenvalue weighted by Gasteiger charge is -2.33. The topological polar surface area (TPSA) is 72.7 Å². The zero-order valence-corrected chi connectivity index (χ0v) is 19.6. The number of anilines is 1. The maximum Gasteiger partial charge on any atom is 0.410 e. The van der Waals surface area contributed by atoms with Crippen LogP contribution in [-0.2, 0) is 11.3 Å². The van der Waals surface area contributed by atoms with Gasteiger partial charge < -0.3 is 10.1 Å². The number of H-pyrrole nitrogens is 1. The largest absolute Gasteiger partial charge is 0.410 e. The lowest BCUT2D eigenvalue weighted by atomic mass is 9.94. The minimum Gasteiger partial charge on any atom is -0.382 e. The van der Waals surface area contributed by atoms with Gasteiger partial charge in [-0.3, -0.25) is 9.67 Å². The number of alkyl halides is 3. The van der Waals surface area contributed by atoms with E-state index in [1.165, 1.54) is 0 Å². The Bertz CT molecular complexity index is 1180. The lowest BCUT2D eigenvalue weighted by Crippen LogP contribution is -2.35. The molecule has 178 valence electrons. The highest BCUT2D eigenvalue weighted by atomic mass is 32.1. The summed E-state index contributed by atoms with van der Waals surface area (Å²) in [5.41, 5.74) is 3.29. The summed E-state index contributed by atoms with van der Waals surface area (Å²) in [6, 6.07) is 5.13. The molecule has 0 radical (unpaired) electrons. The van der Waals surface area contributed by atoms with Gasteiger partial charge in [-0.2, -0.15) is 23.4 Å². The van der Waals surface area contributed by atoms with Gasteiger partial charge >= 0.3 is 6.18 Å². The van der Waals surface area contributed by atoms with E-state index in [9.17, 15) is 13.2 Å².